The Balaban J connectivity index is 2.24. The highest BCUT2D eigenvalue weighted by Gasteiger charge is 2.13. The molecule has 0 heterocycles. The van der Waals surface area contributed by atoms with Crippen LogP contribution in [-0.4, -0.2) is 15.5 Å². The van der Waals surface area contributed by atoms with E-state index in [4.69, 9.17) is 16.3 Å². The molecule has 2 aromatic carbocycles. The summed E-state index contributed by atoms with van der Waals surface area (Å²) in [7, 11) is -2.02. The van der Waals surface area contributed by atoms with Crippen molar-refractivity contribution in [3.05, 3.63) is 59.1 Å². The number of hydrogen-bond donors (Lipinski definition) is 1. The van der Waals surface area contributed by atoms with E-state index < -0.39 is 10.0 Å². The molecule has 0 radical (unpaired) electrons. The van der Waals surface area contributed by atoms with Crippen molar-refractivity contribution in [3.63, 3.8) is 0 Å². The maximum Gasteiger partial charge on any atom is 0.261 e. The lowest BCUT2D eigenvalue weighted by Gasteiger charge is -2.09. The molecule has 106 valence electrons. The first-order valence-corrected chi connectivity index (χ1v) is 7.73. The summed E-state index contributed by atoms with van der Waals surface area (Å²) in [6.07, 6.45) is 0. The first kappa shape index (κ1) is 14.8. The molecule has 20 heavy (non-hydrogen) atoms. The summed E-state index contributed by atoms with van der Waals surface area (Å²) in [5, 5.41) is 0.492. The summed E-state index contributed by atoms with van der Waals surface area (Å²) < 4.78 is 31.9. The Labute approximate surface area is 123 Å². The normalized spacial score (nSPS) is 11.3. The molecular weight excluding hydrogens is 298 g/mol. The molecule has 0 amide bonds. The van der Waals surface area contributed by atoms with Gasteiger partial charge in [-0.2, -0.15) is 0 Å². The van der Waals surface area contributed by atoms with Crippen LogP contribution in [0.1, 0.15) is 5.56 Å². The molecule has 0 aliphatic rings. The van der Waals surface area contributed by atoms with Gasteiger partial charge in [-0.15, -0.1) is 0 Å². The Morgan fingerprint density at radius 1 is 1.15 bits per heavy atom. The van der Waals surface area contributed by atoms with Crippen LogP contribution in [0.4, 0.5) is 5.69 Å². The molecule has 0 aliphatic heterocycles. The predicted molar refractivity (Wildman–Crippen MR) is 79.4 cm³/mol. The predicted octanol–water partition coefficient (Wildman–Crippen LogP) is 3.29. The summed E-state index contributed by atoms with van der Waals surface area (Å²) in [4.78, 5) is 0.166. The van der Waals surface area contributed by atoms with Crippen LogP contribution < -0.4 is 4.72 Å². The van der Waals surface area contributed by atoms with E-state index in [2.05, 4.69) is 4.72 Å². The van der Waals surface area contributed by atoms with Gasteiger partial charge in [0.2, 0.25) is 0 Å². The van der Waals surface area contributed by atoms with Gasteiger partial charge in [-0.1, -0.05) is 23.7 Å². The quantitative estimate of drug-likeness (QED) is 0.922. The standard InChI is InChI=1S/C14H14ClNO3S/c1-19-10-11-3-2-4-13(9-11)16-20(17,18)14-7-5-12(15)6-8-14/h2-9,16H,10H2,1H3. The summed E-state index contributed by atoms with van der Waals surface area (Å²) in [6.45, 7) is 0.427. The van der Waals surface area contributed by atoms with Crippen LogP contribution in [0.2, 0.25) is 5.02 Å². The second-order valence-corrected chi connectivity index (χ2v) is 6.31. The van der Waals surface area contributed by atoms with Crippen LogP contribution >= 0.6 is 11.6 Å². The molecule has 2 aromatic rings. The van der Waals surface area contributed by atoms with Crippen LogP contribution in [0.5, 0.6) is 0 Å². The number of methoxy groups -OCH3 is 1. The van der Waals surface area contributed by atoms with Gasteiger partial charge in [-0.3, -0.25) is 4.72 Å². The van der Waals surface area contributed by atoms with Gasteiger partial charge in [-0.25, -0.2) is 8.42 Å². The Morgan fingerprint density at radius 3 is 2.50 bits per heavy atom. The minimum Gasteiger partial charge on any atom is -0.380 e. The van der Waals surface area contributed by atoms with Crippen molar-refractivity contribution in [3.8, 4) is 0 Å². The topological polar surface area (TPSA) is 55.4 Å². The molecule has 0 bridgehead atoms. The summed E-state index contributed by atoms with van der Waals surface area (Å²) >= 11 is 5.75. The lowest BCUT2D eigenvalue weighted by Crippen LogP contribution is -2.12. The first-order valence-electron chi connectivity index (χ1n) is 5.87. The van der Waals surface area contributed by atoms with Crippen molar-refractivity contribution in [1.82, 2.24) is 0 Å². The summed E-state index contributed by atoms with van der Waals surface area (Å²) in [5.41, 5.74) is 1.39. The fraction of sp³-hybridized carbons (Fsp3) is 0.143. The zero-order chi connectivity index (χ0) is 14.6. The number of rotatable bonds is 5. The van der Waals surface area contributed by atoms with Crippen molar-refractivity contribution < 1.29 is 13.2 Å². The third-order valence-corrected chi connectivity index (χ3v) is 4.26. The molecule has 0 aromatic heterocycles. The Bertz CT molecular complexity index is 684. The van der Waals surface area contributed by atoms with Crippen molar-refractivity contribution in [2.75, 3.05) is 11.8 Å². The van der Waals surface area contributed by atoms with E-state index in [1.54, 1.807) is 25.3 Å². The van der Waals surface area contributed by atoms with Gasteiger partial charge in [0.05, 0.1) is 11.5 Å². The van der Waals surface area contributed by atoms with Gasteiger partial charge in [0.15, 0.2) is 0 Å². The third kappa shape index (κ3) is 3.72. The molecule has 1 N–H and O–H groups in total. The van der Waals surface area contributed by atoms with E-state index in [-0.39, 0.29) is 4.90 Å². The van der Waals surface area contributed by atoms with Gasteiger partial charge in [0.1, 0.15) is 0 Å². The smallest absolute Gasteiger partial charge is 0.261 e. The maximum atomic E-state index is 12.2. The highest BCUT2D eigenvalue weighted by molar-refractivity contribution is 7.92. The van der Waals surface area contributed by atoms with Crippen molar-refractivity contribution in [1.29, 1.82) is 0 Å². The number of hydrogen-bond acceptors (Lipinski definition) is 3. The van der Waals surface area contributed by atoms with E-state index >= 15 is 0 Å². The molecule has 0 aliphatic carbocycles. The van der Waals surface area contributed by atoms with Gasteiger partial charge in [-0.05, 0) is 42.0 Å². The number of benzene rings is 2. The molecule has 6 heteroatoms. The largest absolute Gasteiger partial charge is 0.380 e. The molecule has 0 fully saturated rings. The summed E-state index contributed by atoms with van der Waals surface area (Å²) in [5.74, 6) is 0. The average Bonchev–Trinajstić information content (AvgIpc) is 2.39. The van der Waals surface area contributed by atoms with E-state index in [1.807, 2.05) is 6.07 Å². The lowest BCUT2D eigenvalue weighted by atomic mass is 10.2. The van der Waals surface area contributed by atoms with E-state index in [0.29, 0.717) is 17.3 Å². The number of nitrogens with one attached hydrogen (secondary N) is 1. The van der Waals surface area contributed by atoms with Crippen molar-refractivity contribution in [2.24, 2.45) is 0 Å². The van der Waals surface area contributed by atoms with Crippen LogP contribution in [0.3, 0.4) is 0 Å². The van der Waals surface area contributed by atoms with E-state index in [1.165, 1.54) is 24.3 Å². The summed E-state index contributed by atoms with van der Waals surface area (Å²) in [6, 6.07) is 13.1. The average molecular weight is 312 g/mol. The number of sulfonamides is 1. The molecule has 0 atom stereocenters. The minimum absolute atomic E-state index is 0.166. The Hall–Kier alpha value is -1.56. The Kier molecular flexibility index (Phi) is 4.65. The van der Waals surface area contributed by atoms with Crippen molar-refractivity contribution in [2.45, 2.75) is 11.5 Å². The lowest BCUT2D eigenvalue weighted by molar-refractivity contribution is 0.185. The second-order valence-electron chi connectivity index (χ2n) is 4.19. The van der Waals surface area contributed by atoms with Crippen LogP contribution in [0.15, 0.2) is 53.4 Å². The molecule has 0 spiro atoms. The van der Waals surface area contributed by atoms with Crippen LogP contribution in [-0.2, 0) is 21.4 Å². The third-order valence-electron chi connectivity index (χ3n) is 2.61. The van der Waals surface area contributed by atoms with Crippen LogP contribution in [0, 0.1) is 0 Å². The minimum atomic E-state index is -3.61. The fourth-order valence-electron chi connectivity index (χ4n) is 1.72. The molecule has 0 saturated heterocycles. The zero-order valence-electron chi connectivity index (χ0n) is 10.8. The fourth-order valence-corrected chi connectivity index (χ4v) is 2.89. The zero-order valence-corrected chi connectivity index (χ0v) is 12.4. The number of anilines is 1. The molecule has 2 rings (SSSR count). The molecule has 4 nitrogen and oxygen atoms in total. The monoisotopic (exact) mass is 311 g/mol. The van der Waals surface area contributed by atoms with Crippen LogP contribution in [0.25, 0.3) is 0 Å². The first-order chi connectivity index (χ1) is 9.51. The van der Waals surface area contributed by atoms with E-state index in [0.717, 1.165) is 5.56 Å². The second kappa shape index (κ2) is 6.26. The highest BCUT2D eigenvalue weighted by Crippen LogP contribution is 2.19. The van der Waals surface area contributed by atoms with Crippen molar-refractivity contribution >= 4 is 27.3 Å². The molecule has 0 unspecified atom stereocenters. The molecular formula is C14H14ClNO3S. The number of ether oxygens (including phenoxy) is 1. The van der Waals surface area contributed by atoms with Gasteiger partial charge in [0.25, 0.3) is 10.0 Å². The highest BCUT2D eigenvalue weighted by atomic mass is 35.5. The van der Waals surface area contributed by atoms with Gasteiger partial charge >= 0.3 is 0 Å². The SMILES string of the molecule is COCc1cccc(NS(=O)(=O)c2ccc(Cl)cc2)c1. The Morgan fingerprint density at radius 2 is 1.85 bits per heavy atom. The van der Waals surface area contributed by atoms with Gasteiger partial charge < -0.3 is 4.74 Å². The van der Waals surface area contributed by atoms with Gasteiger partial charge in [0, 0.05) is 17.8 Å². The maximum absolute atomic E-state index is 12.2. The molecule has 0 saturated carbocycles. The number of halogens is 1. The van der Waals surface area contributed by atoms with E-state index in [9.17, 15) is 8.42 Å².